The lowest BCUT2D eigenvalue weighted by atomic mass is 10.0. The summed E-state index contributed by atoms with van der Waals surface area (Å²) in [5.74, 6) is 0.696. The molecule has 0 aliphatic rings. The third-order valence-corrected chi connectivity index (χ3v) is 5.78. The van der Waals surface area contributed by atoms with E-state index >= 15 is 0 Å². The summed E-state index contributed by atoms with van der Waals surface area (Å²) in [5.41, 5.74) is 8.45. The summed E-state index contributed by atoms with van der Waals surface area (Å²) >= 11 is 6.15. The number of ether oxygens (including phenoxy) is 3. The van der Waals surface area contributed by atoms with Gasteiger partial charge in [-0.3, -0.25) is 9.48 Å². The average Bonchev–Trinajstić information content (AvgIpc) is 3.36. The Morgan fingerprint density at radius 1 is 1.15 bits per heavy atom. The van der Waals surface area contributed by atoms with Crippen molar-refractivity contribution < 1.29 is 23.8 Å². The van der Waals surface area contributed by atoms with Crippen LogP contribution in [0, 0.1) is 0 Å². The number of aromatic nitrogens is 5. The summed E-state index contributed by atoms with van der Waals surface area (Å²) in [6.07, 6.45) is 2.55. The number of anilines is 2. The molecule has 0 aliphatic heterocycles. The summed E-state index contributed by atoms with van der Waals surface area (Å²) < 4.78 is 18.0. The number of nitrogens with two attached hydrogens (primary N) is 1. The Morgan fingerprint density at radius 2 is 1.98 bits per heavy atom. The summed E-state index contributed by atoms with van der Waals surface area (Å²) in [6.45, 7) is 0.533. The molecule has 0 saturated heterocycles. The fourth-order valence-corrected chi connectivity index (χ4v) is 3.99. The van der Waals surface area contributed by atoms with E-state index in [9.17, 15) is 9.59 Å². The zero-order valence-corrected chi connectivity index (χ0v) is 22.7. The number of benzene rings is 1. The number of nitrogens with zero attached hydrogens (tertiary/aromatic N) is 5. The number of rotatable bonds is 11. The molecular weight excluding hydrogens is 540 g/mol. The van der Waals surface area contributed by atoms with Crippen molar-refractivity contribution in [3.63, 3.8) is 0 Å². The molecule has 4 aromatic rings. The minimum atomic E-state index is -0.941. The molecule has 3 aromatic heterocycles. The number of carbonyl (C=O) groups excluding carboxylic acids is 2. The van der Waals surface area contributed by atoms with Gasteiger partial charge in [0.2, 0.25) is 5.88 Å². The van der Waals surface area contributed by atoms with Crippen LogP contribution < -0.4 is 25.8 Å². The van der Waals surface area contributed by atoms with E-state index in [2.05, 4.69) is 30.7 Å². The number of aryl methyl sites for hydroxylation is 1. The third-order valence-electron chi connectivity index (χ3n) is 5.58. The van der Waals surface area contributed by atoms with E-state index in [1.54, 1.807) is 36.3 Å². The number of hydrogen-bond acceptors (Lipinski definition) is 10. The van der Waals surface area contributed by atoms with Crippen LogP contribution >= 0.6 is 11.6 Å². The molecule has 0 aliphatic carbocycles. The molecule has 208 valence electrons. The van der Waals surface area contributed by atoms with Crippen LogP contribution in [0.15, 0.2) is 48.9 Å². The molecule has 0 bridgehead atoms. The van der Waals surface area contributed by atoms with Gasteiger partial charge in [-0.25, -0.2) is 19.7 Å². The highest BCUT2D eigenvalue weighted by molar-refractivity contribution is 6.29. The van der Waals surface area contributed by atoms with Crippen LogP contribution in [0.2, 0.25) is 5.15 Å². The number of halogens is 1. The fourth-order valence-electron chi connectivity index (χ4n) is 3.83. The molecular formula is C26H27ClN8O5. The number of hydrogen-bond donors (Lipinski definition) is 3. The topological polar surface area (TPSA) is 168 Å². The van der Waals surface area contributed by atoms with Crippen molar-refractivity contribution in [3.8, 4) is 23.0 Å². The largest absolute Gasteiger partial charge is 0.494 e. The molecule has 40 heavy (non-hydrogen) atoms. The van der Waals surface area contributed by atoms with Gasteiger partial charge in [-0.15, -0.1) is 0 Å². The van der Waals surface area contributed by atoms with Crippen LogP contribution in [0.4, 0.5) is 16.2 Å². The van der Waals surface area contributed by atoms with Crippen LogP contribution in [0.3, 0.4) is 0 Å². The second-order valence-electron chi connectivity index (χ2n) is 8.41. The van der Waals surface area contributed by atoms with Crippen LogP contribution in [0.1, 0.15) is 21.6 Å². The van der Waals surface area contributed by atoms with Gasteiger partial charge in [-0.1, -0.05) is 17.7 Å². The van der Waals surface area contributed by atoms with E-state index in [-0.39, 0.29) is 23.5 Å². The normalized spacial score (nSPS) is 10.7. The highest BCUT2D eigenvalue weighted by Crippen LogP contribution is 2.39. The van der Waals surface area contributed by atoms with Crippen LogP contribution in [-0.4, -0.2) is 57.5 Å². The van der Waals surface area contributed by atoms with Crippen molar-refractivity contribution in [2.45, 2.75) is 13.0 Å². The van der Waals surface area contributed by atoms with E-state index in [1.165, 1.54) is 26.4 Å². The molecule has 4 N–H and O–H groups in total. The van der Waals surface area contributed by atoms with Crippen molar-refractivity contribution in [1.82, 2.24) is 30.0 Å². The van der Waals surface area contributed by atoms with E-state index in [0.717, 1.165) is 5.56 Å². The van der Waals surface area contributed by atoms with Gasteiger partial charge < -0.3 is 30.6 Å². The standard InChI is InChI=1S/C26H27ClN8O5/c1-29-25(36)18-12-30-21(27)11-19(18)33-20-10-15(9-17(23(20)38-3)24-31-14-35(2)34-24)7-8-39-13-16-5-4-6-22(32-16)40-26(28)37/h4-6,9-12,14H,7-8,13H2,1-3H3,(H2,28,37)(H,29,36)(H,30,33). The maximum absolute atomic E-state index is 12.5. The zero-order chi connectivity index (χ0) is 28.6. The average molecular weight is 567 g/mol. The van der Waals surface area contributed by atoms with Gasteiger partial charge in [0, 0.05) is 26.4 Å². The molecule has 2 amide bonds. The van der Waals surface area contributed by atoms with Crippen molar-refractivity contribution >= 4 is 35.0 Å². The molecule has 0 fully saturated rings. The summed E-state index contributed by atoms with van der Waals surface area (Å²) in [6, 6.07) is 10.3. The molecule has 14 heteroatoms. The molecule has 4 rings (SSSR count). The number of nitrogens with one attached hydrogen (secondary N) is 2. The Kier molecular flexibility index (Phi) is 9.09. The summed E-state index contributed by atoms with van der Waals surface area (Å²) in [7, 11) is 4.84. The zero-order valence-electron chi connectivity index (χ0n) is 22.0. The first-order valence-corrected chi connectivity index (χ1v) is 12.4. The molecule has 0 radical (unpaired) electrons. The molecule has 0 spiro atoms. The van der Waals surface area contributed by atoms with Gasteiger partial charge in [-0.05, 0) is 36.2 Å². The van der Waals surface area contributed by atoms with Gasteiger partial charge in [0.05, 0.1) is 48.5 Å². The summed E-state index contributed by atoms with van der Waals surface area (Å²) in [5, 5.41) is 10.5. The monoisotopic (exact) mass is 566 g/mol. The minimum absolute atomic E-state index is 0.0966. The number of amides is 2. The Hall–Kier alpha value is -4.75. The molecule has 0 saturated carbocycles. The van der Waals surface area contributed by atoms with Crippen LogP contribution in [0.5, 0.6) is 11.6 Å². The highest BCUT2D eigenvalue weighted by Gasteiger charge is 2.19. The van der Waals surface area contributed by atoms with Gasteiger partial charge in [0.15, 0.2) is 11.6 Å². The fraction of sp³-hybridized carbons (Fsp3) is 0.231. The van der Waals surface area contributed by atoms with Crippen molar-refractivity contribution in [3.05, 3.63) is 70.9 Å². The Balaban J connectivity index is 1.61. The van der Waals surface area contributed by atoms with E-state index < -0.39 is 6.09 Å². The van der Waals surface area contributed by atoms with Gasteiger partial charge >= 0.3 is 6.09 Å². The maximum atomic E-state index is 12.5. The molecule has 1 aromatic carbocycles. The van der Waals surface area contributed by atoms with Crippen molar-refractivity contribution in [2.24, 2.45) is 12.8 Å². The van der Waals surface area contributed by atoms with E-state index in [1.807, 2.05) is 12.1 Å². The highest BCUT2D eigenvalue weighted by atomic mass is 35.5. The maximum Gasteiger partial charge on any atom is 0.411 e. The first kappa shape index (κ1) is 28.3. The second-order valence-corrected chi connectivity index (χ2v) is 8.80. The lowest BCUT2D eigenvalue weighted by molar-refractivity contribution is 0.0963. The molecule has 3 heterocycles. The van der Waals surface area contributed by atoms with Gasteiger partial charge in [0.25, 0.3) is 5.91 Å². The van der Waals surface area contributed by atoms with Gasteiger partial charge in [0.1, 0.15) is 11.5 Å². The number of carbonyl (C=O) groups is 2. The Bertz CT molecular complexity index is 1530. The smallest absolute Gasteiger partial charge is 0.411 e. The predicted molar refractivity (Wildman–Crippen MR) is 147 cm³/mol. The predicted octanol–water partition coefficient (Wildman–Crippen LogP) is 3.25. The number of pyridine rings is 2. The van der Waals surface area contributed by atoms with Gasteiger partial charge in [-0.2, -0.15) is 5.10 Å². The van der Waals surface area contributed by atoms with Crippen LogP contribution in [0.25, 0.3) is 11.4 Å². The minimum Gasteiger partial charge on any atom is -0.494 e. The lowest BCUT2D eigenvalue weighted by Gasteiger charge is -2.18. The third kappa shape index (κ3) is 7.01. The number of methoxy groups -OCH3 is 1. The Labute approximate surface area is 234 Å². The van der Waals surface area contributed by atoms with E-state index in [0.29, 0.717) is 52.8 Å². The Morgan fingerprint density at radius 3 is 2.67 bits per heavy atom. The van der Waals surface area contributed by atoms with Crippen molar-refractivity contribution in [2.75, 3.05) is 26.1 Å². The summed E-state index contributed by atoms with van der Waals surface area (Å²) in [4.78, 5) is 36.1. The lowest BCUT2D eigenvalue weighted by Crippen LogP contribution is -2.19. The first-order chi connectivity index (χ1) is 19.3. The quantitative estimate of drug-likeness (QED) is 0.181. The SMILES string of the molecule is CNC(=O)c1cnc(Cl)cc1Nc1cc(CCOCc2cccc(OC(N)=O)n2)cc(-c2ncn(C)n2)c1OC. The second kappa shape index (κ2) is 12.9. The number of primary amides is 1. The molecule has 0 unspecified atom stereocenters. The molecule has 13 nitrogen and oxygen atoms in total. The molecule has 0 atom stereocenters. The van der Waals surface area contributed by atoms with Crippen molar-refractivity contribution in [1.29, 1.82) is 0 Å². The van der Waals surface area contributed by atoms with Crippen LogP contribution in [-0.2, 0) is 24.8 Å². The van der Waals surface area contributed by atoms with E-state index in [4.69, 9.17) is 31.5 Å². The first-order valence-electron chi connectivity index (χ1n) is 12.0.